The topological polar surface area (TPSA) is 89.3 Å². The summed E-state index contributed by atoms with van der Waals surface area (Å²) in [4.78, 5) is 9.94. The third-order valence-corrected chi connectivity index (χ3v) is 0.752. The summed E-state index contributed by atoms with van der Waals surface area (Å²) in [5, 5.41) is 0.431. The van der Waals surface area contributed by atoms with Crippen molar-refractivity contribution < 1.29 is 13.2 Å². The number of hydrogen-bond donors (Lipinski definition) is 2. The highest BCUT2D eigenvalue weighted by Gasteiger charge is 1.87. The third kappa shape index (κ3) is 7.12. The molecule has 0 saturated heterocycles. The van der Waals surface area contributed by atoms with Gasteiger partial charge in [0.2, 0.25) is 10.3 Å². The van der Waals surface area contributed by atoms with Crippen molar-refractivity contribution in [2.24, 2.45) is 5.84 Å². The molecule has 0 radical (unpaired) electrons. The summed E-state index contributed by atoms with van der Waals surface area (Å²) in [7, 11) is -2.46. The quantitative estimate of drug-likeness (QED) is 0.203. The van der Waals surface area contributed by atoms with Gasteiger partial charge in [-0.25, -0.2) is 5.84 Å². The van der Waals surface area contributed by atoms with Gasteiger partial charge >= 0.3 is 0 Å². The number of hydrogen-bond acceptors (Lipinski definition) is 4. The van der Waals surface area contributed by atoms with Crippen LogP contribution in [0.2, 0.25) is 0 Å². The van der Waals surface area contributed by atoms with Crippen molar-refractivity contribution in [3.8, 4) is 0 Å². The maximum atomic E-state index is 9.94. The largest absolute Gasteiger partial charge is 0.290 e. The molecule has 0 aliphatic carbocycles. The molecule has 0 aromatic heterocycles. The Bertz CT molecular complexity index is 197. The van der Waals surface area contributed by atoms with E-state index in [1.54, 1.807) is 5.43 Å². The van der Waals surface area contributed by atoms with Gasteiger partial charge in [0.05, 0.1) is 0 Å². The minimum absolute atomic E-state index is 0. The van der Waals surface area contributed by atoms with Crippen LogP contribution in [-0.4, -0.2) is 19.7 Å². The Kier molecular flexibility index (Phi) is 6.42. The molecule has 0 rings (SSSR count). The van der Waals surface area contributed by atoms with Gasteiger partial charge in [-0.3, -0.25) is 10.2 Å². The maximum absolute atomic E-state index is 9.94. The fraction of sp³-hybridized carbons (Fsp3) is 0.333. The molecular formula is C3H8N2O3S. The van der Waals surface area contributed by atoms with Crippen molar-refractivity contribution >= 4 is 21.6 Å². The first-order chi connectivity index (χ1) is 3.66. The molecule has 0 heterocycles. The number of nitrogens with two attached hydrogens (primary N) is 1. The van der Waals surface area contributed by atoms with Gasteiger partial charge < -0.3 is 0 Å². The predicted molar refractivity (Wildman–Crippen MR) is 34.0 cm³/mol. The van der Waals surface area contributed by atoms with E-state index in [9.17, 15) is 13.2 Å². The Morgan fingerprint density at radius 2 is 2.00 bits per heavy atom. The molecule has 0 saturated carbocycles. The van der Waals surface area contributed by atoms with E-state index in [0.29, 0.717) is 5.37 Å². The van der Waals surface area contributed by atoms with Crippen LogP contribution in [0.1, 0.15) is 7.43 Å². The Morgan fingerprint density at radius 3 is 2.11 bits per heavy atom. The molecule has 1 amide bonds. The summed E-state index contributed by atoms with van der Waals surface area (Å²) in [6, 6.07) is 0. The number of amides is 1. The van der Waals surface area contributed by atoms with E-state index in [4.69, 9.17) is 0 Å². The number of carbonyl (C=O) groups is 1. The van der Waals surface area contributed by atoms with E-state index in [0.717, 1.165) is 0 Å². The van der Waals surface area contributed by atoms with Crippen LogP contribution in [0.15, 0.2) is 0 Å². The van der Waals surface area contributed by atoms with E-state index >= 15 is 0 Å². The fourth-order valence-electron chi connectivity index (χ4n) is 0.121. The molecule has 6 heteroatoms. The molecule has 54 valence electrons. The summed E-state index contributed by atoms with van der Waals surface area (Å²) < 4.78 is 19.2. The SMILES string of the molecule is C.NNC(=O)C=S(=O)=O. The van der Waals surface area contributed by atoms with Crippen LogP contribution >= 0.6 is 0 Å². The first-order valence-corrected chi connectivity index (χ1v) is 2.74. The maximum Gasteiger partial charge on any atom is 0.273 e. The minimum Gasteiger partial charge on any atom is -0.290 e. The van der Waals surface area contributed by atoms with Crippen molar-refractivity contribution in [3.05, 3.63) is 0 Å². The van der Waals surface area contributed by atoms with Crippen LogP contribution in [0.3, 0.4) is 0 Å². The summed E-state index contributed by atoms with van der Waals surface area (Å²) in [5.41, 5.74) is 1.61. The van der Waals surface area contributed by atoms with Gasteiger partial charge in [0.15, 0.2) is 0 Å². The average Bonchev–Trinajstić information content (AvgIpc) is 1.65. The van der Waals surface area contributed by atoms with E-state index in [1.165, 1.54) is 0 Å². The number of carbonyl (C=O) groups excluding carboxylic acids is 1. The Balaban J connectivity index is 0. The summed E-state index contributed by atoms with van der Waals surface area (Å²) in [6.45, 7) is 0. The molecule has 0 aromatic carbocycles. The molecule has 0 aromatic rings. The third-order valence-electron chi connectivity index (χ3n) is 0.346. The second-order valence-electron chi connectivity index (χ2n) is 0.887. The zero-order chi connectivity index (χ0) is 6.57. The van der Waals surface area contributed by atoms with Gasteiger partial charge in [-0.1, -0.05) is 7.43 Å². The standard InChI is InChI=1S/C2H4N2O3S.CH4/c3-4-2(5)1-8(6)7;/h1H,3H2,(H,4,5);1H4. The summed E-state index contributed by atoms with van der Waals surface area (Å²) >= 11 is 0. The Morgan fingerprint density at radius 1 is 1.56 bits per heavy atom. The first-order valence-electron chi connectivity index (χ1n) is 1.60. The highest BCUT2D eigenvalue weighted by atomic mass is 32.2. The zero-order valence-electron chi connectivity index (χ0n) is 3.79. The molecular weight excluding hydrogens is 144 g/mol. The van der Waals surface area contributed by atoms with Crippen molar-refractivity contribution in [1.29, 1.82) is 0 Å². The lowest BCUT2D eigenvalue weighted by Crippen LogP contribution is -2.30. The number of rotatable bonds is 1. The van der Waals surface area contributed by atoms with Gasteiger partial charge in [0, 0.05) is 0 Å². The first kappa shape index (κ1) is 11.0. The van der Waals surface area contributed by atoms with E-state index in [2.05, 4.69) is 5.84 Å². The second-order valence-corrected chi connectivity index (χ2v) is 1.64. The smallest absolute Gasteiger partial charge is 0.273 e. The highest BCUT2D eigenvalue weighted by molar-refractivity contribution is 7.73. The molecule has 0 aliphatic rings. The lowest BCUT2D eigenvalue weighted by molar-refractivity contribution is -0.114. The summed E-state index contributed by atoms with van der Waals surface area (Å²) in [6.07, 6.45) is 0. The predicted octanol–water partition coefficient (Wildman–Crippen LogP) is -1.71. The molecule has 0 atom stereocenters. The van der Waals surface area contributed by atoms with Crippen LogP contribution in [0.4, 0.5) is 0 Å². The molecule has 5 nitrogen and oxygen atoms in total. The van der Waals surface area contributed by atoms with Crippen LogP contribution in [0.5, 0.6) is 0 Å². The van der Waals surface area contributed by atoms with Gasteiger partial charge in [-0.15, -0.1) is 0 Å². The van der Waals surface area contributed by atoms with Gasteiger partial charge in [0.25, 0.3) is 5.91 Å². The number of hydrazine groups is 1. The molecule has 0 aliphatic heterocycles. The monoisotopic (exact) mass is 152 g/mol. The van der Waals surface area contributed by atoms with Crippen molar-refractivity contribution in [2.45, 2.75) is 7.43 Å². The average molecular weight is 152 g/mol. The van der Waals surface area contributed by atoms with Crippen LogP contribution in [0, 0.1) is 0 Å². The van der Waals surface area contributed by atoms with E-state index in [-0.39, 0.29) is 7.43 Å². The van der Waals surface area contributed by atoms with Crippen LogP contribution < -0.4 is 11.3 Å². The molecule has 3 N–H and O–H groups in total. The minimum atomic E-state index is -2.46. The van der Waals surface area contributed by atoms with Crippen LogP contribution in [0.25, 0.3) is 0 Å². The van der Waals surface area contributed by atoms with Crippen molar-refractivity contribution in [3.63, 3.8) is 0 Å². The number of nitrogens with one attached hydrogen (secondary N) is 1. The molecule has 9 heavy (non-hydrogen) atoms. The molecule has 0 spiro atoms. The second kappa shape index (κ2) is 5.26. The Labute approximate surface area is 54.4 Å². The zero-order valence-corrected chi connectivity index (χ0v) is 4.60. The highest BCUT2D eigenvalue weighted by Crippen LogP contribution is 1.46. The Hall–Kier alpha value is -0.880. The molecule has 0 bridgehead atoms. The van der Waals surface area contributed by atoms with Crippen LogP contribution in [-0.2, 0) is 15.1 Å². The normalized spacial score (nSPS) is 6.78. The molecule has 0 unspecified atom stereocenters. The van der Waals surface area contributed by atoms with Crippen molar-refractivity contribution in [1.82, 2.24) is 5.43 Å². The van der Waals surface area contributed by atoms with Crippen molar-refractivity contribution in [2.75, 3.05) is 0 Å². The lowest BCUT2D eigenvalue weighted by Gasteiger charge is -1.81. The lowest BCUT2D eigenvalue weighted by atomic mass is 10.8. The van der Waals surface area contributed by atoms with Gasteiger partial charge in [-0.2, -0.15) is 8.42 Å². The van der Waals surface area contributed by atoms with Gasteiger partial charge in [-0.05, 0) is 0 Å². The molecule has 0 fully saturated rings. The summed E-state index contributed by atoms with van der Waals surface area (Å²) in [5.74, 6) is 3.68. The van der Waals surface area contributed by atoms with E-state index in [1.807, 2.05) is 0 Å². The fourth-order valence-corrected chi connectivity index (χ4v) is 0.364. The van der Waals surface area contributed by atoms with Gasteiger partial charge in [0.1, 0.15) is 5.37 Å². The van der Waals surface area contributed by atoms with E-state index < -0.39 is 16.2 Å².